The second-order valence-electron chi connectivity index (χ2n) is 5.63. The van der Waals surface area contributed by atoms with Gasteiger partial charge in [-0.1, -0.05) is 24.3 Å². The molecule has 0 aromatic heterocycles. The molecule has 0 saturated heterocycles. The van der Waals surface area contributed by atoms with Gasteiger partial charge in [-0.2, -0.15) is 5.26 Å². The molecule has 0 heterocycles. The molecule has 2 rings (SSSR count). The van der Waals surface area contributed by atoms with E-state index in [0.29, 0.717) is 5.56 Å². The van der Waals surface area contributed by atoms with Crippen molar-refractivity contribution in [3.05, 3.63) is 65.5 Å². The Kier molecular flexibility index (Phi) is 6.98. The molecule has 2 aromatic carbocycles. The van der Waals surface area contributed by atoms with Gasteiger partial charge in [-0.3, -0.25) is 9.59 Å². The van der Waals surface area contributed by atoms with Gasteiger partial charge in [0, 0.05) is 12.1 Å². The van der Waals surface area contributed by atoms with Crippen LogP contribution in [0.4, 0.5) is 4.39 Å². The second kappa shape index (κ2) is 9.21. The number of nitriles is 1. The highest BCUT2D eigenvalue weighted by Gasteiger charge is 2.32. The van der Waals surface area contributed by atoms with Gasteiger partial charge in [0.2, 0.25) is 15.9 Å². The maximum absolute atomic E-state index is 13.0. The summed E-state index contributed by atoms with van der Waals surface area (Å²) in [7, 11) is -4.15. The van der Waals surface area contributed by atoms with Gasteiger partial charge >= 0.3 is 5.97 Å². The Balaban J connectivity index is 2.31. The van der Waals surface area contributed by atoms with E-state index in [1.807, 2.05) is 0 Å². The molecule has 0 amide bonds. The fourth-order valence-electron chi connectivity index (χ4n) is 2.36. The number of esters is 1. The molecule has 9 heteroatoms. The van der Waals surface area contributed by atoms with E-state index in [1.165, 1.54) is 55.5 Å². The number of ketones is 1. The van der Waals surface area contributed by atoms with Crippen molar-refractivity contribution in [1.29, 1.82) is 5.26 Å². The van der Waals surface area contributed by atoms with Crippen molar-refractivity contribution in [3.63, 3.8) is 0 Å². The van der Waals surface area contributed by atoms with Crippen LogP contribution in [-0.2, 0) is 26.1 Å². The van der Waals surface area contributed by atoms with Crippen LogP contribution in [0.15, 0.2) is 53.4 Å². The molecule has 0 aliphatic heterocycles. The SMILES string of the molecule is CCOC(=O)C(C#N)C(=O)c1ccccc1S(=O)(=O)NCc1ccc(F)cc1. The maximum Gasteiger partial charge on any atom is 0.331 e. The lowest BCUT2D eigenvalue weighted by Crippen LogP contribution is -2.29. The van der Waals surface area contributed by atoms with Gasteiger partial charge in [-0.25, -0.2) is 17.5 Å². The molecule has 28 heavy (non-hydrogen) atoms. The first-order chi connectivity index (χ1) is 13.3. The third-order valence-electron chi connectivity index (χ3n) is 3.74. The van der Waals surface area contributed by atoms with Crippen LogP contribution in [0.25, 0.3) is 0 Å². The number of carbonyl (C=O) groups excluding carboxylic acids is 2. The summed E-state index contributed by atoms with van der Waals surface area (Å²) in [5.74, 6) is -4.23. The third-order valence-corrected chi connectivity index (χ3v) is 5.19. The standard InChI is InChI=1S/C19H17FN2O5S/c1-2-27-19(24)16(11-21)18(23)15-5-3-4-6-17(15)28(25,26)22-12-13-7-9-14(20)10-8-13/h3-10,16,22H,2,12H2,1H3. The number of halogens is 1. The van der Waals surface area contributed by atoms with Crippen molar-refractivity contribution in [1.82, 2.24) is 4.72 Å². The lowest BCUT2D eigenvalue weighted by atomic mass is 9.99. The number of hydrogen-bond acceptors (Lipinski definition) is 6. The van der Waals surface area contributed by atoms with Crippen LogP contribution in [0, 0.1) is 23.1 Å². The van der Waals surface area contributed by atoms with Gasteiger partial charge in [-0.05, 0) is 36.8 Å². The number of benzene rings is 2. The topological polar surface area (TPSA) is 113 Å². The van der Waals surface area contributed by atoms with Gasteiger partial charge in [0.15, 0.2) is 5.78 Å². The lowest BCUT2D eigenvalue weighted by molar-refractivity contribution is -0.144. The zero-order valence-corrected chi connectivity index (χ0v) is 15.7. The van der Waals surface area contributed by atoms with E-state index in [-0.39, 0.29) is 23.6 Å². The van der Waals surface area contributed by atoms with Crippen molar-refractivity contribution in [2.24, 2.45) is 5.92 Å². The molecule has 0 spiro atoms. The van der Waals surface area contributed by atoms with Gasteiger partial charge in [0.25, 0.3) is 0 Å². The smallest absolute Gasteiger partial charge is 0.331 e. The molecular weight excluding hydrogens is 387 g/mol. The Bertz CT molecular complexity index is 1010. The van der Waals surface area contributed by atoms with E-state index in [9.17, 15) is 22.4 Å². The average molecular weight is 404 g/mol. The largest absolute Gasteiger partial charge is 0.465 e. The number of rotatable bonds is 8. The predicted octanol–water partition coefficient (Wildman–Crippen LogP) is 2.19. The highest BCUT2D eigenvalue weighted by molar-refractivity contribution is 7.89. The molecule has 0 saturated carbocycles. The molecule has 146 valence electrons. The van der Waals surface area contributed by atoms with Gasteiger partial charge < -0.3 is 4.74 Å². The second-order valence-corrected chi connectivity index (χ2v) is 7.36. The van der Waals surface area contributed by atoms with Crippen molar-refractivity contribution >= 4 is 21.8 Å². The first-order valence-corrected chi connectivity index (χ1v) is 9.72. The average Bonchev–Trinajstić information content (AvgIpc) is 2.68. The van der Waals surface area contributed by atoms with Crippen molar-refractivity contribution in [2.45, 2.75) is 18.4 Å². The summed E-state index contributed by atoms with van der Waals surface area (Å²) in [6.45, 7) is 1.36. The van der Waals surface area contributed by atoms with Crippen LogP contribution in [0.1, 0.15) is 22.8 Å². The third kappa shape index (κ3) is 5.00. The highest BCUT2D eigenvalue weighted by atomic mass is 32.2. The van der Waals surface area contributed by atoms with Crippen molar-refractivity contribution in [3.8, 4) is 6.07 Å². The maximum atomic E-state index is 13.0. The van der Waals surface area contributed by atoms with E-state index in [2.05, 4.69) is 4.72 Å². The number of nitrogens with zero attached hydrogens (tertiary/aromatic N) is 1. The summed E-state index contributed by atoms with van der Waals surface area (Å²) in [6.07, 6.45) is 0. The molecule has 1 N–H and O–H groups in total. The Morgan fingerprint density at radius 1 is 1.18 bits per heavy atom. The summed E-state index contributed by atoms with van der Waals surface area (Å²) in [5, 5.41) is 9.16. The van der Waals surface area contributed by atoms with Crippen molar-refractivity contribution in [2.75, 3.05) is 6.61 Å². The normalized spacial score (nSPS) is 12.0. The summed E-state index contributed by atoms with van der Waals surface area (Å²) in [6, 6.07) is 12.0. The van der Waals surface area contributed by atoms with Gasteiger partial charge in [-0.15, -0.1) is 0 Å². The zero-order chi connectivity index (χ0) is 20.7. The molecule has 0 fully saturated rings. The predicted molar refractivity (Wildman–Crippen MR) is 96.9 cm³/mol. The highest BCUT2D eigenvalue weighted by Crippen LogP contribution is 2.20. The van der Waals surface area contributed by atoms with Gasteiger partial charge in [0.1, 0.15) is 5.82 Å². The van der Waals surface area contributed by atoms with Crippen LogP contribution in [-0.4, -0.2) is 26.8 Å². The van der Waals surface area contributed by atoms with E-state index in [0.717, 1.165) is 0 Å². The summed E-state index contributed by atoms with van der Waals surface area (Å²) < 4.78 is 45.3. The molecule has 1 atom stereocenters. The first kappa shape index (κ1) is 21.2. The van der Waals surface area contributed by atoms with Crippen LogP contribution < -0.4 is 4.72 Å². The molecule has 0 aliphatic rings. The summed E-state index contributed by atoms with van der Waals surface area (Å²) in [5.41, 5.74) is 0.212. The summed E-state index contributed by atoms with van der Waals surface area (Å²) >= 11 is 0. The number of ether oxygens (including phenoxy) is 1. The number of Topliss-reactive ketones (excluding diaryl/α,β-unsaturated/α-hetero) is 1. The van der Waals surface area contributed by atoms with E-state index in [4.69, 9.17) is 10.00 Å². The molecule has 0 radical (unpaired) electrons. The Morgan fingerprint density at radius 3 is 2.43 bits per heavy atom. The van der Waals surface area contributed by atoms with E-state index in [1.54, 1.807) is 6.07 Å². The minimum absolute atomic E-state index is 0.0243. The number of nitrogens with one attached hydrogen (secondary N) is 1. The Morgan fingerprint density at radius 2 is 1.82 bits per heavy atom. The molecule has 0 bridgehead atoms. The van der Waals surface area contributed by atoms with E-state index >= 15 is 0 Å². The molecular formula is C19H17FN2O5S. The first-order valence-electron chi connectivity index (χ1n) is 8.23. The van der Waals surface area contributed by atoms with Crippen molar-refractivity contribution < 1.29 is 27.1 Å². The summed E-state index contributed by atoms with van der Waals surface area (Å²) in [4.78, 5) is 24.1. The molecule has 1 unspecified atom stereocenters. The van der Waals surface area contributed by atoms with Crippen LogP contribution in [0.5, 0.6) is 0 Å². The fourth-order valence-corrected chi connectivity index (χ4v) is 3.59. The number of sulfonamides is 1. The van der Waals surface area contributed by atoms with Crippen LogP contribution in [0.3, 0.4) is 0 Å². The monoisotopic (exact) mass is 404 g/mol. The van der Waals surface area contributed by atoms with Gasteiger partial charge in [0.05, 0.1) is 17.6 Å². The quantitative estimate of drug-likeness (QED) is 0.410. The molecule has 0 aliphatic carbocycles. The zero-order valence-electron chi connectivity index (χ0n) is 14.9. The fraction of sp³-hybridized carbons (Fsp3) is 0.211. The Labute approximate surface area is 161 Å². The van der Waals surface area contributed by atoms with Crippen LogP contribution in [0.2, 0.25) is 0 Å². The lowest BCUT2D eigenvalue weighted by Gasteiger charge is -2.13. The molecule has 7 nitrogen and oxygen atoms in total. The van der Waals surface area contributed by atoms with Crippen LogP contribution >= 0.6 is 0 Å². The minimum atomic E-state index is -4.15. The van der Waals surface area contributed by atoms with E-state index < -0.39 is 33.5 Å². The number of carbonyl (C=O) groups is 2. The Hall–Kier alpha value is -3.09. The number of hydrogen-bond donors (Lipinski definition) is 1. The molecule has 2 aromatic rings. The minimum Gasteiger partial charge on any atom is -0.465 e.